The zero-order valence-electron chi connectivity index (χ0n) is 19.5. The summed E-state index contributed by atoms with van der Waals surface area (Å²) in [5, 5.41) is 15.1. The van der Waals surface area contributed by atoms with E-state index in [1.54, 1.807) is 6.92 Å². The molecule has 182 valence electrons. The number of thiazole rings is 1. The van der Waals surface area contributed by atoms with Gasteiger partial charge in [0, 0.05) is 23.3 Å². The fraction of sp³-hybridized carbons (Fsp3) is 0.308. The van der Waals surface area contributed by atoms with E-state index in [-0.39, 0.29) is 37.1 Å². The first-order valence-corrected chi connectivity index (χ1v) is 12.3. The summed E-state index contributed by atoms with van der Waals surface area (Å²) in [7, 11) is 0. The predicted molar refractivity (Wildman–Crippen MR) is 133 cm³/mol. The predicted octanol–water partition coefficient (Wildman–Crippen LogP) is 4.47. The Morgan fingerprint density at radius 3 is 2.29 bits per heavy atom. The van der Waals surface area contributed by atoms with Crippen LogP contribution in [-0.4, -0.2) is 40.7 Å². The average molecular weight is 494 g/mol. The van der Waals surface area contributed by atoms with E-state index in [2.05, 4.69) is 39.9 Å². The van der Waals surface area contributed by atoms with Gasteiger partial charge in [0.2, 0.25) is 5.91 Å². The van der Waals surface area contributed by atoms with Gasteiger partial charge in [-0.2, -0.15) is 0 Å². The lowest BCUT2D eigenvalue weighted by atomic mass is 9.98. The van der Waals surface area contributed by atoms with Crippen molar-refractivity contribution < 1.29 is 24.2 Å². The Labute approximate surface area is 207 Å². The molecule has 1 aliphatic rings. The third kappa shape index (κ3) is 5.51. The van der Waals surface area contributed by atoms with Crippen LogP contribution in [0.15, 0.2) is 48.5 Å². The molecule has 0 saturated carbocycles. The SMILES string of the molecule is CCC(CC(=O)NCc1nc(C(=O)O)c(C)s1)NC(=O)OCC1c2ccccc2-c2ccccc21. The lowest BCUT2D eigenvalue weighted by Gasteiger charge is -2.18. The number of aryl methyl sites for hydroxylation is 1. The Hall–Kier alpha value is -3.72. The molecule has 0 radical (unpaired) electrons. The van der Waals surface area contributed by atoms with Gasteiger partial charge in [0.25, 0.3) is 0 Å². The van der Waals surface area contributed by atoms with Crippen molar-refractivity contribution in [2.75, 3.05) is 6.61 Å². The number of rotatable bonds is 9. The van der Waals surface area contributed by atoms with Crippen LogP contribution < -0.4 is 10.6 Å². The van der Waals surface area contributed by atoms with Crippen molar-refractivity contribution in [3.63, 3.8) is 0 Å². The van der Waals surface area contributed by atoms with E-state index >= 15 is 0 Å². The van der Waals surface area contributed by atoms with Crippen LogP contribution in [0, 0.1) is 6.92 Å². The summed E-state index contributed by atoms with van der Waals surface area (Å²) in [6.45, 7) is 3.90. The van der Waals surface area contributed by atoms with E-state index in [0.717, 1.165) is 22.3 Å². The molecule has 1 atom stereocenters. The lowest BCUT2D eigenvalue weighted by Crippen LogP contribution is -2.39. The maximum absolute atomic E-state index is 12.5. The minimum absolute atomic E-state index is 0.00241. The molecule has 35 heavy (non-hydrogen) atoms. The topological polar surface area (TPSA) is 118 Å². The van der Waals surface area contributed by atoms with Gasteiger partial charge < -0.3 is 20.5 Å². The first-order chi connectivity index (χ1) is 16.9. The number of carbonyl (C=O) groups is 3. The van der Waals surface area contributed by atoms with Gasteiger partial charge in [0.1, 0.15) is 11.6 Å². The zero-order valence-corrected chi connectivity index (χ0v) is 20.4. The minimum atomic E-state index is -1.09. The fourth-order valence-electron chi connectivity index (χ4n) is 4.30. The standard InChI is InChI=1S/C26H27N3O5S/c1-3-16(12-22(30)27-13-23-29-24(25(31)32)15(2)35-23)28-26(33)34-14-21-19-10-6-4-8-17(19)18-9-5-7-11-20(18)21/h4-11,16,21H,3,12-14H2,1-2H3,(H,27,30)(H,28,33)(H,31,32). The van der Waals surface area contributed by atoms with Gasteiger partial charge >= 0.3 is 12.1 Å². The molecule has 0 spiro atoms. The first-order valence-electron chi connectivity index (χ1n) is 11.4. The van der Waals surface area contributed by atoms with Gasteiger partial charge in [-0.25, -0.2) is 14.6 Å². The van der Waals surface area contributed by atoms with E-state index in [9.17, 15) is 14.4 Å². The second-order valence-corrected chi connectivity index (χ2v) is 9.66. The summed E-state index contributed by atoms with van der Waals surface area (Å²) in [5.74, 6) is -1.39. The van der Waals surface area contributed by atoms with Gasteiger partial charge in [-0.3, -0.25) is 4.79 Å². The molecule has 0 saturated heterocycles. The van der Waals surface area contributed by atoms with Crippen LogP contribution in [0.5, 0.6) is 0 Å². The summed E-state index contributed by atoms with van der Waals surface area (Å²) in [6.07, 6.45) is 0.0710. The Morgan fingerprint density at radius 2 is 1.71 bits per heavy atom. The van der Waals surface area contributed by atoms with E-state index in [1.807, 2.05) is 31.2 Å². The number of fused-ring (bicyclic) bond motifs is 3. The number of alkyl carbamates (subject to hydrolysis) is 1. The molecule has 4 rings (SSSR count). The van der Waals surface area contributed by atoms with E-state index in [1.165, 1.54) is 11.3 Å². The summed E-state index contributed by atoms with van der Waals surface area (Å²) in [6, 6.07) is 15.9. The van der Waals surface area contributed by atoms with Crippen molar-refractivity contribution >= 4 is 29.3 Å². The summed E-state index contributed by atoms with van der Waals surface area (Å²) >= 11 is 1.23. The number of benzene rings is 2. The van der Waals surface area contributed by atoms with Crippen LogP contribution in [-0.2, 0) is 16.1 Å². The number of carboxylic acid groups (broad SMARTS) is 1. The largest absolute Gasteiger partial charge is 0.476 e. The number of hydrogen-bond donors (Lipinski definition) is 3. The van der Waals surface area contributed by atoms with Crippen LogP contribution in [0.25, 0.3) is 11.1 Å². The quantitative estimate of drug-likeness (QED) is 0.405. The Balaban J connectivity index is 1.28. The number of carboxylic acids is 1. The monoisotopic (exact) mass is 493 g/mol. The van der Waals surface area contributed by atoms with Gasteiger partial charge in [-0.1, -0.05) is 55.5 Å². The molecule has 2 amide bonds. The van der Waals surface area contributed by atoms with Crippen LogP contribution in [0.4, 0.5) is 4.79 Å². The highest BCUT2D eigenvalue weighted by Gasteiger charge is 2.29. The second kappa shape index (κ2) is 10.7. The molecule has 1 heterocycles. The molecule has 0 bridgehead atoms. The van der Waals surface area contributed by atoms with E-state index in [4.69, 9.17) is 9.84 Å². The summed E-state index contributed by atoms with van der Waals surface area (Å²) in [4.78, 5) is 40.7. The van der Waals surface area contributed by atoms with Crippen molar-refractivity contribution in [1.29, 1.82) is 0 Å². The third-order valence-electron chi connectivity index (χ3n) is 6.07. The van der Waals surface area contributed by atoms with Gasteiger partial charge in [-0.05, 0) is 35.6 Å². The molecule has 9 heteroatoms. The van der Waals surface area contributed by atoms with Crippen molar-refractivity contribution in [3.8, 4) is 11.1 Å². The molecule has 0 fully saturated rings. The molecule has 0 aliphatic heterocycles. The molecule has 1 aliphatic carbocycles. The zero-order chi connectivity index (χ0) is 24.9. The highest BCUT2D eigenvalue weighted by molar-refractivity contribution is 7.11. The smallest absolute Gasteiger partial charge is 0.407 e. The Morgan fingerprint density at radius 1 is 1.09 bits per heavy atom. The Bertz CT molecular complexity index is 1210. The number of ether oxygens (including phenoxy) is 1. The first kappa shape index (κ1) is 24.4. The van der Waals surface area contributed by atoms with Gasteiger partial charge in [-0.15, -0.1) is 11.3 Å². The number of aromatic nitrogens is 1. The maximum atomic E-state index is 12.5. The highest BCUT2D eigenvalue weighted by Crippen LogP contribution is 2.44. The molecule has 8 nitrogen and oxygen atoms in total. The molecule has 3 aromatic rings. The van der Waals surface area contributed by atoms with Crippen molar-refractivity contribution in [1.82, 2.24) is 15.6 Å². The number of nitrogens with one attached hydrogen (secondary N) is 2. The van der Waals surface area contributed by atoms with E-state index < -0.39 is 18.1 Å². The number of carbonyl (C=O) groups excluding carboxylic acids is 2. The fourth-order valence-corrected chi connectivity index (χ4v) is 5.16. The van der Waals surface area contributed by atoms with Gasteiger partial charge in [0.15, 0.2) is 5.69 Å². The lowest BCUT2D eigenvalue weighted by molar-refractivity contribution is -0.121. The highest BCUT2D eigenvalue weighted by atomic mass is 32.1. The number of hydrogen-bond acceptors (Lipinski definition) is 6. The molecule has 1 aromatic heterocycles. The minimum Gasteiger partial charge on any atom is -0.476 e. The summed E-state index contributed by atoms with van der Waals surface area (Å²) in [5.41, 5.74) is 4.59. The van der Waals surface area contributed by atoms with Crippen molar-refractivity contribution in [3.05, 3.63) is 75.2 Å². The summed E-state index contributed by atoms with van der Waals surface area (Å²) < 4.78 is 5.58. The van der Waals surface area contributed by atoms with Crippen LogP contribution in [0.3, 0.4) is 0 Å². The van der Waals surface area contributed by atoms with Crippen LogP contribution in [0.2, 0.25) is 0 Å². The molecular weight excluding hydrogens is 466 g/mol. The number of aromatic carboxylic acids is 1. The number of nitrogens with zero attached hydrogens (tertiary/aromatic N) is 1. The maximum Gasteiger partial charge on any atom is 0.407 e. The Kier molecular flexibility index (Phi) is 7.45. The third-order valence-corrected chi connectivity index (χ3v) is 7.04. The van der Waals surface area contributed by atoms with E-state index in [0.29, 0.717) is 16.3 Å². The average Bonchev–Trinajstić information content (AvgIpc) is 3.38. The van der Waals surface area contributed by atoms with Gasteiger partial charge in [0.05, 0.1) is 6.54 Å². The van der Waals surface area contributed by atoms with Crippen LogP contribution in [0.1, 0.15) is 57.2 Å². The molecule has 3 N–H and O–H groups in total. The molecule has 2 aromatic carbocycles. The normalized spacial score (nSPS) is 13.0. The van der Waals surface area contributed by atoms with Crippen molar-refractivity contribution in [2.24, 2.45) is 0 Å². The number of amides is 2. The molecule has 1 unspecified atom stereocenters. The van der Waals surface area contributed by atoms with Crippen molar-refractivity contribution in [2.45, 2.75) is 45.2 Å². The second-order valence-electron chi connectivity index (χ2n) is 8.37. The van der Waals surface area contributed by atoms with Crippen LogP contribution >= 0.6 is 11.3 Å². The molecular formula is C26H27N3O5S.